The van der Waals surface area contributed by atoms with Crippen LogP contribution in [0.4, 0.5) is 0 Å². The first-order chi connectivity index (χ1) is 20.1. The molecule has 2 aromatic carbocycles. The number of aliphatic hydroxyl groups excluding tert-OH is 1. The summed E-state index contributed by atoms with van der Waals surface area (Å²) in [5.41, 5.74) is 4.89. The van der Waals surface area contributed by atoms with E-state index in [1.807, 2.05) is 53.9 Å². The van der Waals surface area contributed by atoms with Crippen LogP contribution in [0.2, 0.25) is 19.6 Å². The van der Waals surface area contributed by atoms with Gasteiger partial charge >= 0.3 is 0 Å². The maximum atomic E-state index is 12.2. The van der Waals surface area contributed by atoms with E-state index in [0.29, 0.717) is 0 Å². The second kappa shape index (κ2) is 15.1. The van der Waals surface area contributed by atoms with Crippen LogP contribution in [-0.4, -0.2) is 28.9 Å². The van der Waals surface area contributed by atoms with Crippen molar-refractivity contribution in [2.24, 2.45) is 10.8 Å². The van der Waals surface area contributed by atoms with Crippen molar-refractivity contribution >= 4 is 40.7 Å². The second-order valence-electron chi connectivity index (χ2n) is 13.5. The third kappa shape index (κ3) is 8.13. The van der Waals surface area contributed by atoms with Gasteiger partial charge in [-0.1, -0.05) is 93.2 Å². The van der Waals surface area contributed by atoms with Gasteiger partial charge in [0.2, 0.25) is 0 Å². The van der Waals surface area contributed by atoms with Gasteiger partial charge in [-0.25, -0.2) is 0 Å². The Labute approximate surface area is 280 Å². The van der Waals surface area contributed by atoms with Gasteiger partial charge in [-0.15, -0.1) is 34.9 Å². The van der Waals surface area contributed by atoms with Crippen LogP contribution in [-0.2, 0) is 24.9 Å². The number of benzene rings is 2. The van der Waals surface area contributed by atoms with E-state index in [1.165, 1.54) is 27.6 Å². The Kier molecular flexibility index (Phi) is 12.9. The van der Waals surface area contributed by atoms with Gasteiger partial charge in [-0.3, -0.25) is 9.78 Å². The van der Waals surface area contributed by atoms with Gasteiger partial charge in [-0.05, 0) is 53.4 Å². The van der Waals surface area contributed by atoms with Crippen molar-refractivity contribution in [2.45, 2.75) is 101 Å². The molecule has 4 rings (SSSR count). The third-order valence-electron chi connectivity index (χ3n) is 9.45. The molecule has 0 aliphatic rings. The Morgan fingerprint density at radius 3 is 2.05 bits per heavy atom. The maximum absolute atomic E-state index is 12.2. The van der Waals surface area contributed by atoms with Crippen LogP contribution in [0, 0.1) is 30.7 Å². The molecule has 2 heterocycles. The first-order valence-corrected chi connectivity index (χ1v) is 19.3. The number of aliphatic hydroxyl groups is 1. The number of hydrogen-bond acceptors (Lipinski definition) is 4. The van der Waals surface area contributed by atoms with Gasteiger partial charge in [0.25, 0.3) is 0 Å². The molecule has 0 amide bonds. The van der Waals surface area contributed by atoms with Gasteiger partial charge in [0.1, 0.15) is 5.76 Å². The molecule has 4 aromatic rings. The van der Waals surface area contributed by atoms with Crippen molar-refractivity contribution in [1.29, 1.82) is 0 Å². The molecule has 0 saturated heterocycles. The molecule has 0 atom stereocenters. The van der Waals surface area contributed by atoms with Gasteiger partial charge in [0, 0.05) is 54.8 Å². The van der Waals surface area contributed by atoms with Gasteiger partial charge in [0.15, 0.2) is 5.78 Å². The molecule has 0 fully saturated rings. The van der Waals surface area contributed by atoms with Crippen molar-refractivity contribution in [2.75, 3.05) is 0 Å². The minimum Gasteiger partial charge on any atom is -0.512 e. The number of fused-ring (bicyclic) bond motifs is 3. The predicted octanol–water partition coefficient (Wildman–Crippen LogP) is 10.1. The Morgan fingerprint density at radius 2 is 1.50 bits per heavy atom. The number of ketones is 1. The van der Waals surface area contributed by atoms with Crippen LogP contribution >= 0.6 is 0 Å². The average Bonchev–Trinajstić information content (AvgIpc) is 2.98. The van der Waals surface area contributed by atoms with Crippen LogP contribution in [0.1, 0.15) is 78.4 Å². The fourth-order valence-corrected chi connectivity index (χ4v) is 6.90. The van der Waals surface area contributed by atoms with Crippen molar-refractivity contribution < 1.29 is 30.0 Å². The summed E-state index contributed by atoms with van der Waals surface area (Å²) in [5.74, 6) is 0.286. The number of para-hydroxylation sites is 1. The molecule has 0 spiro atoms. The fourth-order valence-electron chi connectivity index (χ4n) is 5.39. The van der Waals surface area contributed by atoms with E-state index >= 15 is 0 Å². The monoisotopic (exact) mass is 788 g/mol. The molecule has 0 aliphatic heterocycles. The molecular weight excluding hydrogens is 737 g/mol. The molecular formula is C38H51IrN2O2Si-. The molecule has 44 heavy (non-hydrogen) atoms. The fraction of sp³-hybridized carbons (Fsp3) is 0.447. The molecule has 4 nitrogen and oxygen atoms in total. The standard InChI is InChI=1S/C23H23N2Si.C15H28O2.Ir/c1-15-11-16(2)13-17(12-15)22-20-14-25-23-19(18(20)9-10-24-22)7-6-8-21(23)26(3,4)5;1-7-14(5,8-2)12(16)11-13(17)15(6,9-3)10-4;/h6-12,14H,1-5H3;11,16H,7-10H2,1-6H3;/q-1;;/b;12-11-;. The van der Waals surface area contributed by atoms with Crippen molar-refractivity contribution in [1.82, 2.24) is 9.97 Å². The van der Waals surface area contributed by atoms with Crippen LogP contribution in [0.3, 0.4) is 0 Å². The normalized spacial score (nSPS) is 12.5. The zero-order valence-electron chi connectivity index (χ0n) is 28.6. The quantitative estimate of drug-likeness (QED) is 0.0604. The summed E-state index contributed by atoms with van der Waals surface area (Å²) in [7, 11) is -1.46. The van der Waals surface area contributed by atoms with Crippen molar-refractivity contribution in [3.63, 3.8) is 0 Å². The first-order valence-electron chi connectivity index (χ1n) is 15.8. The number of aryl methyl sites for hydroxylation is 2. The molecule has 0 bridgehead atoms. The van der Waals surface area contributed by atoms with Crippen molar-refractivity contribution in [3.8, 4) is 11.3 Å². The van der Waals surface area contributed by atoms with E-state index in [-0.39, 0.29) is 42.5 Å². The largest absolute Gasteiger partial charge is 0.512 e. The van der Waals surface area contributed by atoms with Gasteiger partial charge in [0.05, 0.1) is 13.6 Å². The number of carbonyl (C=O) groups excluding carboxylic acids is 1. The average molecular weight is 788 g/mol. The smallest absolute Gasteiger partial charge is 0.164 e. The number of hydrogen-bond donors (Lipinski definition) is 1. The van der Waals surface area contributed by atoms with E-state index in [1.54, 1.807) is 0 Å². The number of aromatic nitrogens is 2. The zero-order chi connectivity index (χ0) is 32.2. The molecule has 0 aliphatic carbocycles. The number of rotatable bonds is 9. The maximum Gasteiger partial charge on any atom is 0.164 e. The summed E-state index contributed by atoms with van der Waals surface area (Å²) in [6.45, 7) is 23.4. The van der Waals surface area contributed by atoms with Gasteiger partial charge < -0.3 is 10.1 Å². The minimum absolute atomic E-state index is 0. The first kappa shape index (κ1) is 37.5. The number of allylic oxidation sites excluding steroid dienone is 2. The summed E-state index contributed by atoms with van der Waals surface area (Å²) >= 11 is 0. The number of pyridine rings is 2. The van der Waals surface area contributed by atoms with Crippen LogP contribution in [0.25, 0.3) is 32.9 Å². The molecule has 6 heteroatoms. The Bertz CT molecular complexity index is 1610. The summed E-state index contributed by atoms with van der Waals surface area (Å²) in [5, 5.41) is 15.1. The summed E-state index contributed by atoms with van der Waals surface area (Å²) < 4.78 is 0. The van der Waals surface area contributed by atoms with E-state index in [4.69, 9.17) is 4.98 Å². The van der Waals surface area contributed by atoms with Gasteiger partial charge in [-0.2, -0.15) is 0 Å². The van der Waals surface area contributed by atoms with E-state index in [9.17, 15) is 9.90 Å². The Balaban J connectivity index is 0.000000331. The Morgan fingerprint density at radius 1 is 0.886 bits per heavy atom. The minimum atomic E-state index is -1.46. The van der Waals surface area contributed by atoms with Crippen molar-refractivity contribution in [3.05, 3.63) is 77.8 Å². The van der Waals surface area contributed by atoms with Crippen LogP contribution < -0.4 is 5.19 Å². The summed E-state index contributed by atoms with van der Waals surface area (Å²) in [6.07, 6.45) is 8.66. The Hall–Kier alpha value is -2.66. The predicted molar refractivity (Wildman–Crippen MR) is 187 cm³/mol. The number of nitrogens with zero attached hydrogens (tertiary/aromatic N) is 2. The van der Waals surface area contributed by atoms with E-state index in [0.717, 1.165) is 53.4 Å². The summed E-state index contributed by atoms with van der Waals surface area (Å²) in [6, 6.07) is 16.5. The zero-order valence-corrected chi connectivity index (χ0v) is 32.0. The van der Waals surface area contributed by atoms with Crippen LogP contribution in [0.5, 0.6) is 0 Å². The molecule has 2 aromatic heterocycles. The second-order valence-corrected chi connectivity index (χ2v) is 18.6. The van der Waals surface area contributed by atoms with Crippen LogP contribution in [0.15, 0.2) is 60.6 Å². The molecule has 0 unspecified atom stereocenters. The SMILES string of the molecule is CCC(C)(CC)C(=O)/C=C(\O)C(C)(CC)CC.Cc1[c-]c(-c2nccc3c2cnc2c([Si](C)(C)C)cccc23)cc(C)c1.[Ir]. The molecule has 239 valence electrons. The summed E-state index contributed by atoms with van der Waals surface area (Å²) in [4.78, 5) is 21.7. The molecule has 0 saturated carbocycles. The van der Waals surface area contributed by atoms with E-state index < -0.39 is 8.07 Å². The molecule has 1 radical (unpaired) electrons. The number of carbonyl (C=O) groups is 1. The topological polar surface area (TPSA) is 63.1 Å². The van der Waals surface area contributed by atoms with E-state index in [2.05, 4.69) is 80.9 Å². The molecule has 1 N–H and O–H groups in total. The third-order valence-corrected chi connectivity index (χ3v) is 11.5.